The van der Waals surface area contributed by atoms with Crippen LogP contribution in [0.2, 0.25) is 0 Å². The molecule has 0 spiro atoms. The van der Waals surface area contributed by atoms with Crippen molar-refractivity contribution in [3.05, 3.63) is 53.1 Å². The van der Waals surface area contributed by atoms with Crippen molar-refractivity contribution in [1.82, 2.24) is 4.90 Å². The van der Waals surface area contributed by atoms with Crippen LogP contribution in [-0.2, 0) is 37.7 Å². The maximum atomic E-state index is 13.8. The fourth-order valence-corrected chi connectivity index (χ4v) is 9.06. The monoisotopic (exact) mass is 592 g/mol. The van der Waals surface area contributed by atoms with Crippen LogP contribution in [0.1, 0.15) is 23.1 Å². The first-order valence-corrected chi connectivity index (χ1v) is 17.2. The SMILES string of the molecule is Cc1ccc(N2CCN(C)CC2)c2c1CCC(N(c1ccc(N3CCOCC3)cc1)S(=O)(=O)CCS(=O)(=O)O)C2. The lowest BCUT2D eigenvalue weighted by Gasteiger charge is -2.40. The molecule has 10 nitrogen and oxygen atoms in total. The maximum Gasteiger partial charge on any atom is 0.265 e. The van der Waals surface area contributed by atoms with Crippen LogP contribution in [0.15, 0.2) is 36.4 Å². The molecule has 2 heterocycles. The number of piperazine rings is 1. The Labute approximate surface area is 238 Å². The fourth-order valence-electron chi connectivity index (χ4n) is 6.11. The van der Waals surface area contributed by atoms with Crippen LogP contribution in [0.5, 0.6) is 0 Å². The number of fused-ring (bicyclic) bond motifs is 1. The molecule has 0 saturated carbocycles. The summed E-state index contributed by atoms with van der Waals surface area (Å²) < 4.78 is 66.8. The van der Waals surface area contributed by atoms with Gasteiger partial charge in [0.2, 0.25) is 10.0 Å². The molecule has 1 aliphatic carbocycles. The van der Waals surface area contributed by atoms with Gasteiger partial charge in [-0.1, -0.05) is 6.07 Å². The van der Waals surface area contributed by atoms with E-state index in [-0.39, 0.29) is 6.04 Å². The minimum atomic E-state index is -4.44. The molecule has 40 heavy (non-hydrogen) atoms. The molecule has 2 aromatic rings. The molecule has 0 amide bonds. The van der Waals surface area contributed by atoms with Gasteiger partial charge in [-0.25, -0.2) is 8.42 Å². The van der Waals surface area contributed by atoms with Crippen molar-refractivity contribution in [2.45, 2.75) is 32.2 Å². The zero-order valence-corrected chi connectivity index (χ0v) is 25.0. The highest BCUT2D eigenvalue weighted by molar-refractivity contribution is 7.94. The van der Waals surface area contributed by atoms with Gasteiger partial charge in [-0.15, -0.1) is 0 Å². The van der Waals surface area contributed by atoms with E-state index in [0.29, 0.717) is 31.7 Å². The van der Waals surface area contributed by atoms with Gasteiger partial charge in [0.25, 0.3) is 10.1 Å². The number of sulfonamides is 1. The first kappa shape index (κ1) is 29.1. The van der Waals surface area contributed by atoms with Crippen LogP contribution in [0.25, 0.3) is 0 Å². The Morgan fingerprint density at radius 1 is 0.875 bits per heavy atom. The normalized spacial score (nSPS) is 20.8. The molecular weight excluding hydrogens is 552 g/mol. The first-order chi connectivity index (χ1) is 19.0. The zero-order chi connectivity index (χ0) is 28.5. The van der Waals surface area contributed by atoms with Gasteiger partial charge in [0.1, 0.15) is 0 Å². The predicted octanol–water partition coefficient (Wildman–Crippen LogP) is 2.16. The second-order valence-electron chi connectivity index (χ2n) is 11.1. The Bertz CT molecular complexity index is 1400. The van der Waals surface area contributed by atoms with E-state index in [1.54, 1.807) is 0 Å². The topological polar surface area (TPSA) is 111 Å². The van der Waals surface area contributed by atoms with E-state index in [0.717, 1.165) is 57.1 Å². The Morgan fingerprint density at radius 2 is 1.55 bits per heavy atom. The summed E-state index contributed by atoms with van der Waals surface area (Å²) in [6, 6.07) is 11.4. The number of rotatable bonds is 8. The minimum Gasteiger partial charge on any atom is -0.378 e. The van der Waals surface area contributed by atoms with Crippen molar-refractivity contribution in [3.8, 4) is 0 Å². The van der Waals surface area contributed by atoms with Crippen molar-refractivity contribution in [2.24, 2.45) is 0 Å². The highest BCUT2D eigenvalue weighted by Crippen LogP contribution is 2.37. The van der Waals surface area contributed by atoms with E-state index >= 15 is 0 Å². The largest absolute Gasteiger partial charge is 0.378 e. The molecule has 1 N–H and O–H groups in total. The van der Waals surface area contributed by atoms with E-state index in [1.807, 2.05) is 24.3 Å². The quantitative estimate of drug-likeness (QED) is 0.461. The lowest BCUT2D eigenvalue weighted by atomic mass is 9.84. The van der Waals surface area contributed by atoms with Gasteiger partial charge in [0, 0.05) is 56.7 Å². The zero-order valence-electron chi connectivity index (χ0n) is 23.3. The standard InChI is InChI=1S/C28H40N4O6S2/c1-22-3-10-28(31-13-11-29(2)12-14-31)27-21-25(8-9-26(22)27)32(39(33,34)19-20-40(35,36)37)24-6-4-23(5-7-24)30-15-17-38-18-16-30/h3-7,10,25H,8-9,11-21H2,1-2H3,(H,35,36,37). The summed E-state index contributed by atoms with van der Waals surface area (Å²) in [6.07, 6.45) is 1.90. The van der Waals surface area contributed by atoms with Crippen LogP contribution in [0, 0.1) is 6.92 Å². The molecule has 0 radical (unpaired) electrons. The summed E-state index contributed by atoms with van der Waals surface area (Å²) in [5, 5.41) is 0. The third-order valence-corrected chi connectivity index (χ3v) is 11.2. The summed E-state index contributed by atoms with van der Waals surface area (Å²) in [5.41, 5.74) is 6.34. The molecule has 3 aliphatic rings. The average Bonchev–Trinajstić information content (AvgIpc) is 2.93. The Kier molecular flexibility index (Phi) is 8.63. The maximum absolute atomic E-state index is 13.8. The number of benzene rings is 2. The van der Waals surface area contributed by atoms with Gasteiger partial charge in [-0.2, -0.15) is 8.42 Å². The van der Waals surface area contributed by atoms with E-state index in [4.69, 9.17) is 4.74 Å². The number of hydrogen-bond acceptors (Lipinski definition) is 8. The molecule has 2 fully saturated rings. The number of ether oxygens (including phenoxy) is 1. The highest BCUT2D eigenvalue weighted by atomic mass is 32.2. The lowest BCUT2D eigenvalue weighted by Crippen LogP contribution is -2.47. The number of hydrogen-bond donors (Lipinski definition) is 1. The molecule has 2 aliphatic heterocycles. The summed E-state index contributed by atoms with van der Waals surface area (Å²) in [7, 11) is -6.38. The van der Waals surface area contributed by atoms with Gasteiger partial charge < -0.3 is 19.4 Å². The van der Waals surface area contributed by atoms with Crippen molar-refractivity contribution in [1.29, 1.82) is 0 Å². The van der Waals surface area contributed by atoms with Crippen LogP contribution in [0.3, 0.4) is 0 Å². The molecule has 12 heteroatoms. The molecule has 2 saturated heterocycles. The lowest BCUT2D eigenvalue weighted by molar-refractivity contribution is 0.122. The molecule has 0 bridgehead atoms. The molecule has 0 aromatic heterocycles. The predicted molar refractivity (Wildman–Crippen MR) is 159 cm³/mol. The van der Waals surface area contributed by atoms with Crippen LogP contribution >= 0.6 is 0 Å². The third-order valence-electron chi connectivity index (χ3n) is 8.36. The van der Waals surface area contributed by atoms with Gasteiger partial charge in [0.15, 0.2) is 0 Å². The first-order valence-electron chi connectivity index (χ1n) is 14.0. The smallest absolute Gasteiger partial charge is 0.265 e. The molecule has 2 aromatic carbocycles. The summed E-state index contributed by atoms with van der Waals surface area (Å²) in [5.74, 6) is -1.52. The molecule has 220 valence electrons. The van der Waals surface area contributed by atoms with Gasteiger partial charge >= 0.3 is 0 Å². The molecule has 5 rings (SSSR count). The van der Waals surface area contributed by atoms with Gasteiger partial charge in [-0.3, -0.25) is 8.86 Å². The van der Waals surface area contributed by atoms with Crippen LogP contribution in [0.4, 0.5) is 17.1 Å². The average molecular weight is 593 g/mol. The highest BCUT2D eigenvalue weighted by Gasteiger charge is 2.35. The number of likely N-dealkylation sites (N-methyl/N-ethyl adjacent to an activating group) is 1. The van der Waals surface area contributed by atoms with Crippen molar-refractivity contribution >= 4 is 37.2 Å². The second-order valence-corrected chi connectivity index (χ2v) is 14.6. The Morgan fingerprint density at radius 3 is 2.20 bits per heavy atom. The van der Waals surface area contributed by atoms with E-state index < -0.39 is 31.6 Å². The summed E-state index contributed by atoms with van der Waals surface area (Å²) in [4.78, 5) is 6.91. The van der Waals surface area contributed by atoms with Crippen molar-refractivity contribution < 1.29 is 26.1 Å². The third kappa shape index (κ3) is 6.57. The van der Waals surface area contributed by atoms with Crippen molar-refractivity contribution in [3.63, 3.8) is 0 Å². The minimum absolute atomic E-state index is 0.374. The van der Waals surface area contributed by atoms with Crippen LogP contribution < -0.4 is 14.1 Å². The second kappa shape index (κ2) is 11.8. The molecule has 1 unspecified atom stereocenters. The summed E-state index contributed by atoms with van der Waals surface area (Å²) in [6.45, 7) is 8.70. The number of aryl methyl sites for hydroxylation is 1. The van der Waals surface area contributed by atoms with Crippen LogP contribution in [-0.4, -0.2) is 103 Å². The van der Waals surface area contributed by atoms with Crippen molar-refractivity contribution in [2.75, 3.05) is 85.1 Å². The fraction of sp³-hybridized carbons (Fsp3) is 0.571. The van der Waals surface area contributed by atoms with Gasteiger partial charge in [0.05, 0.1) is 30.4 Å². The Balaban J connectivity index is 1.49. The molecule has 1 atom stereocenters. The molecular formula is C28H40N4O6S2. The van der Waals surface area contributed by atoms with E-state index in [1.165, 1.54) is 21.0 Å². The summed E-state index contributed by atoms with van der Waals surface area (Å²) >= 11 is 0. The van der Waals surface area contributed by atoms with E-state index in [9.17, 15) is 21.4 Å². The number of anilines is 3. The Hall–Kier alpha value is -2.38. The van der Waals surface area contributed by atoms with E-state index in [2.05, 4.69) is 40.8 Å². The van der Waals surface area contributed by atoms with Gasteiger partial charge in [-0.05, 0) is 80.3 Å². The number of nitrogens with zero attached hydrogens (tertiary/aromatic N) is 4. The number of morpholine rings is 1.